The number of unbranched alkanes of at least 4 members (excludes halogenated alkanes) is 1. The minimum absolute atomic E-state index is 0.00270. The first kappa shape index (κ1) is 18.9. The lowest BCUT2D eigenvalue weighted by atomic mass is 9.98. The molecule has 6 nitrogen and oxygen atoms in total. The van der Waals surface area contributed by atoms with Crippen LogP contribution in [0.15, 0.2) is 48.5 Å². The zero-order chi connectivity index (χ0) is 19.2. The standard InChI is InChI=1S/C21H23NO5/c23-12-6-5-11-19(20(24)25)22-21(26)27-13-18-16-9-3-1-7-14(16)15-8-2-4-10-17(15)18/h1-4,7-10,18-19,23H,5-6,11-13H2,(H,22,26)(H,24,25). The van der Waals surface area contributed by atoms with Crippen LogP contribution in [0.3, 0.4) is 0 Å². The number of hydrogen-bond acceptors (Lipinski definition) is 4. The average Bonchev–Trinajstić information content (AvgIpc) is 2.99. The number of aliphatic hydroxyl groups excluding tert-OH is 1. The van der Waals surface area contributed by atoms with Gasteiger partial charge in [-0.3, -0.25) is 0 Å². The van der Waals surface area contributed by atoms with Crippen LogP contribution in [0, 0.1) is 0 Å². The predicted octanol–water partition coefficient (Wildman–Crippen LogP) is 3.14. The van der Waals surface area contributed by atoms with E-state index in [-0.39, 0.29) is 25.6 Å². The lowest BCUT2D eigenvalue weighted by molar-refractivity contribution is -0.139. The molecule has 6 heteroatoms. The number of amides is 1. The molecule has 27 heavy (non-hydrogen) atoms. The Hall–Kier alpha value is -2.86. The molecule has 2 aromatic rings. The molecule has 0 fully saturated rings. The molecule has 0 aliphatic heterocycles. The fourth-order valence-corrected chi connectivity index (χ4v) is 3.50. The molecule has 1 unspecified atom stereocenters. The van der Waals surface area contributed by atoms with Crippen molar-refractivity contribution in [3.8, 4) is 11.1 Å². The Balaban J connectivity index is 1.64. The van der Waals surface area contributed by atoms with Crippen molar-refractivity contribution in [1.82, 2.24) is 5.32 Å². The molecular weight excluding hydrogens is 346 g/mol. The number of aliphatic carboxylic acids is 1. The monoisotopic (exact) mass is 369 g/mol. The number of carboxylic acid groups (broad SMARTS) is 1. The Bertz CT molecular complexity index is 774. The van der Waals surface area contributed by atoms with Crippen molar-refractivity contribution < 1.29 is 24.5 Å². The van der Waals surface area contributed by atoms with Gasteiger partial charge in [0.15, 0.2) is 0 Å². The molecule has 1 aliphatic rings. The summed E-state index contributed by atoms with van der Waals surface area (Å²) in [6.07, 6.45) is 0.515. The average molecular weight is 369 g/mol. The number of aliphatic hydroxyl groups is 1. The van der Waals surface area contributed by atoms with Crippen molar-refractivity contribution in [3.63, 3.8) is 0 Å². The van der Waals surface area contributed by atoms with Crippen LogP contribution in [0.2, 0.25) is 0 Å². The van der Waals surface area contributed by atoms with E-state index in [1.807, 2.05) is 36.4 Å². The zero-order valence-corrected chi connectivity index (χ0v) is 14.9. The molecule has 1 aliphatic carbocycles. The van der Waals surface area contributed by atoms with Gasteiger partial charge in [0.2, 0.25) is 0 Å². The van der Waals surface area contributed by atoms with Gasteiger partial charge in [0.05, 0.1) is 0 Å². The summed E-state index contributed by atoms with van der Waals surface area (Å²) in [5.41, 5.74) is 4.47. The molecule has 0 saturated carbocycles. The molecular formula is C21H23NO5. The summed E-state index contributed by atoms with van der Waals surface area (Å²) in [5.74, 6) is -1.18. The van der Waals surface area contributed by atoms with Crippen molar-refractivity contribution in [2.75, 3.05) is 13.2 Å². The third kappa shape index (κ3) is 4.28. The fraction of sp³-hybridized carbons (Fsp3) is 0.333. The van der Waals surface area contributed by atoms with E-state index in [1.54, 1.807) is 0 Å². The molecule has 0 aromatic heterocycles. The Labute approximate surface area is 157 Å². The Morgan fingerprint density at radius 2 is 1.59 bits per heavy atom. The van der Waals surface area contributed by atoms with E-state index in [2.05, 4.69) is 17.4 Å². The number of carbonyl (C=O) groups is 2. The first-order valence-electron chi connectivity index (χ1n) is 9.07. The first-order chi connectivity index (χ1) is 13.1. The lowest BCUT2D eigenvalue weighted by Crippen LogP contribution is -2.41. The van der Waals surface area contributed by atoms with E-state index in [0.717, 1.165) is 22.3 Å². The SMILES string of the molecule is O=C(NC(CCCCO)C(=O)O)OCC1c2ccccc2-c2ccccc21. The van der Waals surface area contributed by atoms with Crippen molar-refractivity contribution in [3.05, 3.63) is 59.7 Å². The zero-order valence-electron chi connectivity index (χ0n) is 14.9. The number of hydrogen-bond donors (Lipinski definition) is 3. The number of nitrogens with one attached hydrogen (secondary N) is 1. The lowest BCUT2D eigenvalue weighted by Gasteiger charge is -2.17. The third-order valence-corrected chi connectivity index (χ3v) is 4.83. The summed E-state index contributed by atoms with van der Waals surface area (Å²) in [4.78, 5) is 23.4. The van der Waals surface area contributed by atoms with Crippen molar-refractivity contribution >= 4 is 12.1 Å². The second-order valence-corrected chi connectivity index (χ2v) is 6.58. The van der Waals surface area contributed by atoms with Gasteiger partial charge in [-0.1, -0.05) is 48.5 Å². The molecule has 0 saturated heterocycles. The van der Waals surface area contributed by atoms with Gasteiger partial charge in [0.25, 0.3) is 0 Å². The maximum absolute atomic E-state index is 12.1. The van der Waals surface area contributed by atoms with Crippen LogP contribution < -0.4 is 5.32 Å². The summed E-state index contributed by atoms with van der Waals surface area (Å²) in [6.45, 7) is 0.139. The van der Waals surface area contributed by atoms with Gasteiger partial charge >= 0.3 is 12.1 Å². The minimum Gasteiger partial charge on any atom is -0.480 e. The number of rotatable bonds is 8. The summed E-state index contributed by atoms with van der Waals surface area (Å²) >= 11 is 0. The Morgan fingerprint density at radius 1 is 1.00 bits per heavy atom. The van der Waals surface area contributed by atoms with Crippen molar-refractivity contribution in [2.24, 2.45) is 0 Å². The Morgan fingerprint density at radius 3 is 2.15 bits per heavy atom. The molecule has 1 amide bonds. The number of alkyl carbamates (subject to hydrolysis) is 1. The highest BCUT2D eigenvalue weighted by atomic mass is 16.5. The molecule has 3 N–H and O–H groups in total. The third-order valence-electron chi connectivity index (χ3n) is 4.83. The van der Waals surface area contributed by atoms with Crippen LogP contribution >= 0.6 is 0 Å². The van der Waals surface area contributed by atoms with Gasteiger partial charge in [-0.2, -0.15) is 0 Å². The van der Waals surface area contributed by atoms with Gasteiger partial charge in [-0.25, -0.2) is 9.59 Å². The normalized spacial score (nSPS) is 13.5. The van der Waals surface area contributed by atoms with Crippen molar-refractivity contribution in [2.45, 2.75) is 31.2 Å². The van der Waals surface area contributed by atoms with E-state index in [9.17, 15) is 14.7 Å². The van der Waals surface area contributed by atoms with Crippen LogP contribution in [0.5, 0.6) is 0 Å². The molecule has 0 bridgehead atoms. The minimum atomic E-state index is -1.11. The van der Waals surface area contributed by atoms with Crippen LogP contribution in [0.1, 0.15) is 36.3 Å². The molecule has 2 aromatic carbocycles. The summed E-state index contributed by atoms with van der Waals surface area (Å²) < 4.78 is 5.36. The molecule has 0 heterocycles. The number of carboxylic acids is 1. The molecule has 142 valence electrons. The van der Waals surface area contributed by atoms with E-state index in [0.29, 0.717) is 12.8 Å². The quantitative estimate of drug-likeness (QED) is 0.621. The molecule has 0 radical (unpaired) electrons. The molecule has 0 spiro atoms. The van der Waals surface area contributed by atoms with Crippen molar-refractivity contribution in [1.29, 1.82) is 0 Å². The maximum atomic E-state index is 12.1. The van der Waals surface area contributed by atoms with Gasteiger partial charge in [-0.15, -0.1) is 0 Å². The summed E-state index contributed by atoms with van der Waals surface area (Å²) in [6, 6.07) is 15.0. The largest absolute Gasteiger partial charge is 0.480 e. The number of fused-ring (bicyclic) bond motifs is 3. The highest BCUT2D eigenvalue weighted by Crippen LogP contribution is 2.44. The fourth-order valence-electron chi connectivity index (χ4n) is 3.50. The van der Waals surface area contributed by atoms with Crippen LogP contribution in [-0.2, 0) is 9.53 Å². The smallest absolute Gasteiger partial charge is 0.407 e. The molecule has 3 rings (SSSR count). The van der Waals surface area contributed by atoms with Crippen LogP contribution in [0.25, 0.3) is 11.1 Å². The highest BCUT2D eigenvalue weighted by molar-refractivity contribution is 5.81. The second kappa shape index (κ2) is 8.68. The van der Waals surface area contributed by atoms with Gasteiger partial charge in [0.1, 0.15) is 12.6 Å². The predicted molar refractivity (Wildman–Crippen MR) is 101 cm³/mol. The van der Waals surface area contributed by atoms with E-state index < -0.39 is 18.1 Å². The van der Waals surface area contributed by atoms with E-state index >= 15 is 0 Å². The second-order valence-electron chi connectivity index (χ2n) is 6.58. The van der Waals surface area contributed by atoms with E-state index in [1.165, 1.54) is 0 Å². The van der Waals surface area contributed by atoms with E-state index in [4.69, 9.17) is 9.84 Å². The Kier molecular flexibility index (Phi) is 6.08. The van der Waals surface area contributed by atoms with Gasteiger partial charge in [-0.05, 0) is 41.5 Å². The van der Waals surface area contributed by atoms with Gasteiger partial charge < -0.3 is 20.3 Å². The number of benzene rings is 2. The van der Waals surface area contributed by atoms with Crippen LogP contribution in [-0.4, -0.2) is 41.5 Å². The number of ether oxygens (including phenoxy) is 1. The summed E-state index contributed by atoms with van der Waals surface area (Å²) in [7, 11) is 0. The number of carbonyl (C=O) groups excluding carboxylic acids is 1. The maximum Gasteiger partial charge on any atom is 0.407 e. The van der Waals surface area contributed by atoms with Gasteiger partial charge in [0, 0.05) is 12.5 Å². The summed E-state index contributed by atoms with van der Waals surface area (Å²) in [5, 5.41) is 20.4. The first-order valence-corrected chi connectivity index (χ1v) is 9.07. The molecule has 1 atom stereocenters. The topological polar surface area (TPSA) is 95.9 Å². The highest BCUT2D eigenvalue weighted by Gasteiger charge is 2.29. The van der Waals surface area contributed by atoms with Crippen LogP contribution in [0.4, 0.5) is 4.79 Å².